The van der Waals surface area contributed by atoms with Crippen LogP contribution in [0.2, 0.25) is 0 Å². The van der Waals surface area contributed by atoms with E-state index in [1.165, 1.54) is 31.5 Å². The molecule has 6 heteroatoms. The Balaban J connectivity index is 1.52. The summed E-state index contributed by atoms with van der Waals surface area (Å²) in [5.41, 5.74) is 6.97. The minimum absolute atomic E-state index is 0.385. The van der Waals surface area contributed by atoms with E-state index < -0.39 is 0 Å². The van der Waals surface area contributed by atoms with E-state index in [0.29, 0.717) is 17.5 Å². The minimum atomic E-state index is -0.385. The lowest BCUT2D eigenvalue weighted by atomic mass is 10.1. The summed E-state index contributed by atoms with van der Waals surface area (Å²) in [7, 11) is 0. The van der Waals surface area contributed by atoms with Gasteiger partial charge in [0.25, 0.3) is 0 Å². The van der Waals surface area contributed by atoms with Gasteiger partial charge >= 0.3 is 0 Å². The molecule has 0 saturated heterocycles. The summed E-state index contributed by atoms with van der Waals surface area (Å²) in [4.78, 5) is 11.3. The first-order valence-electron chi connectivity index (χ1n) is 7.68. The second-order valence-corrected chi connectivity index (χ2v) is 7.01. The number of hydrogen-bond donors (Lipinski definition) is 1. The zero-order valence-corrected chi connectivity index (χ0v) is 13.1. The third kappa shape index (κ3) is 2.75. The number of rotatable bonds is 6. The average molecular weight is 314 g/mol. The van der Waals surface area contributed by atoms with Crippen molar-refractivity contribution in [2.75, 3.05) is 0 Å². The Morgan fingerprint density at radius 2 is 2.09 bits per heavy atom. The number of carbonyl (C=O) groups excluding carboxylic acids is 1. The maximum Gasteiger partial charge on any atom is 0.248 e. The fourth-order valence-corrected chi connectivity index (χ4v) is 3.60. The molecule has 2 fully saturated rings. The van der Waals surface area contributed by atoms with Crippen LogP contribution in [0.4, 0.5) is 0 Å². The van der Waals surface area contributed by atoms with Gasteiger partial charge in [-0.2, -0.15) is 0 Å². The Bertz CT molecular complexity index is 719. The molecule has 2 aromatic rings. The summed E-state index contributed by atoms with van der Waals surface area (Å²) in [5.74, 6) is 2.19. The summed E-state index contributed by atoms with van der Waals surface area (Å²) in [6, 6.07) is 8.09. The van der Waals surface area contributed by atoms with Crippen molar-refractivity contribution in [2.45, 2.75) is 48.6 Å². The highest BCUT2D eigenvalue weighted by atomic mass is 32.2. The molecular weight excluding hydrogens is 296 g/mol. The molecule has 2 aliphatic rings. The highest BCUT2D eigenvalue weighted by Gasteiger charge is 2.36. The lowest BCUT2D eigenvalue weighted by Gasteiger charge is -2.08. The van der Waals surface area contributed by atoms with Gasteiger partial charge in [0.2, 0.25) is 5.91 Å². The number of aromatic nitrogens is 3. The van der Waals surface area contributed by atoms with Crippen LogP contribution in [0.3, 0.4) is 0 Å². The molecule has 0 aliphatic heterocycles. The number of amides is 1. The van der Waals surface area contributed by atoms with Gasteiger partial charge in [0.05, 0.1) is 0 Å². The van der Waals surface area contributed by atoms with Gasteiger partial charge in [-0.05, 0) is 43.4 Å². The molecule has 4 rings (SSSR count). The molecule has 0 bridgehead atoms. The molecule has 1 aromatic heterocycles. The summed E-state index contributed by atoms with van der Waals surface area (Å²) in [6.45, 7) is 0. The molecule has 2 N–H and O–H groups in total. The number of nitrogens with zero attached hydrogens (tertiary/aromatic N) is 3. The van der Waals surface area contributed by atoms with Crippen molar-refractivity contribution in [2.24, 2.45) is 5.73 Å². The Morgan fingerprint density at radius 1 is 1.27 bits per heavy atom. The number of hydrogen-bond acceptors (Lipinski definition) is 4. The minimum Gasteiger partial charge on any atom is -0.366 e. The van der Waals surface area contributed by atoms with E-state index in [1.54, 1.807) is 17.8 Å². The van der Waals surface area contributed by atoms with Crippen LogP contribution < -0.4 is 5.73 Å². The summed E-state index contributed by atoms with van der Waals surface area (Å²) < 4.78 is 2.35. The Labute approximate surface area is 133 Å². The third-order valence-electron chi connectivity index (χ3n) is 4.12. The predicted octanol–water partition coefficient (Wildman–Crippen LogP) is 2.88. The largest absolute Gasteiger partial charge is 0.366 e. The van der Waals surface area contributed by atoms with Gasteiger partial charge in [0, 0.05) is 23.3 Å². The highest BCUT2D eigenvalue weighted by Crippen LogP contribution is 2.46. The van der Waals surface area contributed by atoms with Gasteiger partial charge in [0.15, 0.2) is 5.16 Å². The van der Waals surface area contributed by atoms with Crippen LogP contribution in [-0.2, 0) is 5.75 Å². The molecule has 114 valence electrons. The lowest BCUT2D eigenvalue weighted by molar-refractivity contribution is 0.1000. The van der Waals surface area contributed by atoms with Crippen LogP contribution in [0.5, 0.6) is 0 Å². The number of carbonyl (C=O) groups is 1. The third-order valence-corrected chi connectivity index (χ3v) is 5.14. The molecule has 5 nitrogen and oxygen atoms in total. The van der Waals surface area contributed by atoms with E-state index >= 15 is 0 Å². The van der Waals surface area contributed by atoms with Gasteiger partial charge in [-0.15, -0.1) is 10.2 Å². The quantitative estimate of drug-likeness (QED) is 0.832. The van der Waals surface area contributed by atoms with E-state index in [1.807, 2.05) is 18.2 Å². The number of thioether (sulfide) groups is 1. The van der Waals surface area contributed by atoms with Crippen molar-refractivity contribution in [3.05, 3.63) is 41.2 Å². The molecule has 1 aromatic carbocycles. The first-order chi connectivity index (χ1) is 10.7. The molecule has 2 aliphatic carbocycles. The molecule has 1 amide bonds. The van der Waals surface area contributed by atoms with Crippen LogP contribution in [0, 0.1) is 0 Å². The maximum atomic E-state index is 11.3. The van der Waals surface area contributed by atoms with Crippen molar-refractivity contribution in [1.29, 1.82) is 0 Å². The summed E-state index contributed by atoms with van der Waals surface area (Å²) >= 11 is 1.69. The monoisotopic (exact) mass is 314 g/mol. The van der Waals surface area contributed by atoms with Crippen LogP contribution in [0.25, 0.3) is 0 Å². The van der Waals surface area contributed by atoms with E-state index in [2.05, 4.69) is 14.8 Å². The van der Waals surface area contributed by atoms with Crippen LogP contribution in [-0.4, -0.2) is 20.7 Å². The van der Waals surface area contributed by atoms with E-state index in [0.717, 1.165) is 16.5 Å². The molecule has 0 spiro atoms. The smallest absolute Gasteiger partial charge is 0.248 e. The van der Waals surface area contributed by atoms with Crippen molar-refractivity contribution in [3.8, 4) is 0 Å². The maximum absolute atomic E-state index is 11.3. The molecular formula is C16H18N4OS. The van der Waals surface area contributed by atoms with Gasteiger partial charge in [-0.1, -0.05) is 23.9 Å². The van der Waals surface area contributed by atoms with Crippen LogP contribution >= 0.6 is 11.8 Å². The average Bonchev–Trinajstić information content (AvgIpc) is 3.44. The first kappa shape index (κ1) is 13.8. The second-order valence-electron chi connectivity index (χ2n) is 6.07. The molecule has 0 unspecified atom stereocenters. The van der Waals surface area contributed by atoms with E-state index in [9.17, 15) is 4.79 Å². The second kappa shape index (κ2) is 5.43. The van der Waals surface area contributed by atoms with Gasteiger partial charge in [0.1, 0.15) is 5.82 Å². The normalized spacial score (nSPS) is 17.6. The highest BCUT2D eigenvalue weighted by molar-refractivity contribution is 7.98. The molecule has 0 radical (unpaired) electrons. The van der Waals surface area contributed by atoms with E-state index in [-0.39, 0.29) is 5.91 Å². The molecule has 2 saturated carbocycles. The zero-order valence-electron chi connectivity index (χ0n) is 12.2. The van der Waals surface area contributed by atoms with Crippen molar-refractivity contribution in [3.63, 3.8) is 0 Å². The molecule has 22 heavy (non-hydrogen) atoms. The van der Waals surface area contributed by atoms with Crippen LogP contribution in [0.1, 0.15) is 59.4 Å². The first-order valence-corrected chi connectivity index (χ1v) is 8.67. The Kier molecular flexibility index (Phi) is 3.41. The van der Waals surface area contributed by atoms with Crippen molar-refractivity contribution < 1.29 is 4.79 Å². The standard InChI is InChI=1S/C16H18N4OS/c17-14(21)12-3-1-2-10(8-12)9-22-16-19-18-15(11-4-5-11)20(16)13-6-7-13/h1-3,8,11,13H,4-7,9H2,(H2,17,21). The molecule has 0 atom stereocenters. The SMILES string of the molecule is NC(=O)c1cccc(CSc2nnc(C3CC3)n2C2CC2)c1. The predicted molar refractivity (Wildman–Crippen MR) is 84.8 cm³/mol. The van der Waals surface area contributed by atoms with Crippen molar-refractivity contribution >= 4 is 17.7 Å². The number of nitrogens with two attached hydrogens (primary N) is 1. The van der Waals surface area contributed by atoms with Gasteiger partial charge in [-0.25, -0.2) is 0 Å². The molecule has 1 heterocycles. The lowest BCUT2D eigenvalue weighted by Crippen LogP contribution is -2.10. The van der Waals surface area contributed by atoms with Crippen molar-refractivity contribution in [1.82, 2.24) is 14.8 Å². The fourth-order valence-electron chi connectivity index (χ4n) is 2.64. The number of primary amides is 1. The van der Waals surface area contributed by atoms with Gasteiger partial charge < -0.3 is 10.3 Å². The Morgan fingerprint density at radius 3 is 2.77 bits per heavy atom. The fraction of sp³-hybridized carbons (Fsp3) is 0.438. The van der Waals surface area contributed by atoms with E-state index in [4.69, 9.17) is 5.73 Å². The number of benzene rings is 1. The Hall–Kier alpha value is -1.82. The van der Waals surface area contributed by atoms with Crippen LogP contribution in [0.15, 0.2) is 29.4 Å². The summed E-state index contributed by atoms with van der Waals surface area (Å²) in [5, 5.41) is 9.82. The summed E-state index contributed by atoms with van der Waals surface area (Å²) in [6.07, 6.45) is 4.97. The van der Waals surface area contributed by atoms with Gasteiger partial charge in [-0.3, -0.25) is 4.79 Å². The topological polar surface area (TPSA) is 73.8 Å². The zero-order chi connectivity index (χ0) is 15.1.